The second-order valence-corrected chi connectivity index (χ2v) is 3.12. The summed E-state index contributed by atoms with van der Waals surface area (Å²) in [7, 11) is -3.44. The minimum Gasteiger partial charge on any atom is -0.259 e. The second kappa shape index (κ2) is 4.24. The van der Waals surface area contributed by atoms with Crippen LogP contribution in [0.15, 0.2) is 25.3 Å². The lowest BCUT2D eigenvalue weighted by atomic mass is 10.7. The molecule has 0 amide bonds. The topological polar surface area (TPSA) is 43.4 Å². The molecule has 4 heteroatoms. The number of rotatable bonds is 5. The van der Waals surface area contributed by atoms with Crippen molar-refractivity contribution in [1.29, 1.82) is 0 Å². The van der Waals surface area contributed by atoms with Crippen LogP contribution < -0.4 is 0 Å². The van der Waals surface area contributed by atoms with E-state index in [1.807, 2.05) is 0 Å². The van der Waals surface area contributed by atoms with Crippen molar-refractivity contribution in [3.8, 4) is 0 Å². The fraction of sp³-hybridized carbons (Fsp3) is 0.167. The lowest BCUT2D eigenvalue weighted by molar-refractivity contribution is 0.415. The molecule has 0 fully saturated rings. The first kappa shape index (κ1) is 9.39. The molecule has 0 unspecified atom stereocenters. The fourth-order valence-electron chi connectivity index (χ4n) is 0.308. The highest BCUT2D eigenvalue weighted by molar-refractivity contribution is 7.86. The third-order valence-corrected chi connectivity index (χ3v) is 1.67. The van der Waals surface area contributed by atoms with Gasteiger partial charge in [-0.2, -0.15) is 8.42 Å². The van der Waals surface area contributed by atoms with Crippen LogP contribution in [0.4, 0.5) is 0 Å². The smallest absolute Gasteiger partial charge is 0.259 e. The molecular formula is C6H9O3S. The van der Waals surface area contributed by atoms with Crippen LogP contribution in [-0.2, 0) is 14.3 Å². The van der Waals surface area contributed by atoms with Crippen molar-refractivity contribution in [3.05, 3.63) is 31.9 Å². The molecule has 3 nitrogen and oxygen atoms in total. The Kier molecular flexibility index (Phi) is 3.99. The molecule has 1 radical (unpaired) electrons. The molecule has 0 rings (SSSR count). The van der Waals surface area contributed by atoms with Crippen molar-refractivity contribution in [2.45, 2.75) is 0 Å². The van der Waals surface area contributed by atoms with E-state index in [-0.39, 0.29) is 5.75 Å². The maximum Gasteiger partial charge on any atom is 0.271 e. The molecule has 0 spiro atoms. The molecular weight excluding hydrogens is 152 g/mol. The molecule has 0 bridgehead atoms. The largest absolute Gasteiger partial charge is 0.271 e. The Balaban J connectivity index is 3.87. The van der Waals surface area contributed by atoms with E-state index in [0.29, 0.717) is 0 Å². The van der Waals surface area contributed by atoms with E-state index in [4.69, 9.17) is 0 Å². The summed E-state index contributed by atoms with van der Waals surface area (Å²) in [5.74, 6) is -0.183. The predicted octanol–water partition coefficient (Wildman–Crippen LogP) is 0.867. The fourth-order valence-corrected chi connectivity index (χ4v) is 0.923. The van der Waals surface area contributed by atoms with Gasteiger partial charge in [-0.1, -0.05) is 12.2 Å². The maximum atomic E-state index is 10.6. The van der Waals surface area contributed by atoms with E-state index in [9.17, 15) is 8.42 Å². The van der Waals surface area contributed by atoms with Gasteiger partial charge in [0.2, 0.25) is 0 Å². The third kappa shape index (κ3) is 4.29. The number of hydrogen-bond donors (Lipinski definition) is 0. The van der Waals surface area contributed by atoms with Crippen LogP contribution in [0, 0.1) is 6.61 Å². The Bertz CT molecular complexity index is 203. The molecule has 0 saturated heterocycles. The van der Waals surface area contributed by atoms with E-state index < -0.39 is 10.1 Å². The van der Waals surface area contributed by atoms with Gasteiger partial charge in [-0.15, -0.1) is 13.2 Å². The van der Waals surface area contributed by atoms with Crippen molar-refractivity contribution < 1.29 is 12.6 Å². The van der Waals surface area contributed by atoms with Gasteiger partial charge in [-0.05, 0) is 0 Å². The standard InChI is InChI=1S/C6H9O3S/c1-3-5-9-10(7,8)6-4-2/h3-5H,1-2,6H2. The predicted molar refractivity (Wildman–Crippen MR) is 39.6 cm³/mol. The minimum absolute atomic E-state index is 0.183. The van der Waals surface area contributed by atoms with E-state index in [1.54, 1.807) is 0 Å². The minimum atomic E-state index is -3.44. The van der Waals surface area contributed by atoms with Gasteiger partial charge in [-0.3, -0.25) is 4.18 Å². The van der Waals surface area contributed by atoms with Crippen molar-refractivity contribution in [2.24, 2.45) is 0 Å². The molecule has 0 aromatic rings. The molecule has 0 N–H and O–H groups in total. The van der Waals surface area contributed by atoms with E-state index in [0.717, 1.165) is 6.61 Å². The highest BCUT2D eigenvalue weighted by Gasteiger charge is 2.05. The highest BCUT2D eigenvalue weighted by Crippen LogP contribution is 1.95. The summed E-state index contributed by atoms with van der Waals surface area (Å²) in [6.45, 7) is 7.52. The van der Waals surface area contributed by atoms with Crippen molar-refractivity contribution in [3.63, 3.8) is 0 Å². The van der Waals surface area contributed by atoms with Gasteiger partial charge < -0.3 is 0 Å². The zero-order chi connectivity index (χ0) is 8.04. The van der Waals surface area contributed by atoms with Crippen LogP contribution in [0.25, 0.3) is 0 Å². The van der Waals surface area contributed by atoms with E-state index in [2.05, 4.69) is 17.3 Å². The van der Waals surface area contributed by atoms with Gasteiger partial charge in [0, 0.05) is 0 Å². The van der Waals surface area contributed by atoms with Crippen LogP contribution in [0.5, 0.6) is 0 Å². The van der Waals surface area contributed by atoms with Crippen LogP contribution in [-0.4, -0.2) is 14.2 Å². The van der Waals surface area contributed by atoms with Gasteiger partial charge in [0.1, 0.15) is 6.61 Å². The number of hydrogen-bond acceptors (Lipinski definition) is 3. The monoisotopic (exact) mass is 161 g/mol. The first-order chi connectivity index (χ1) is 4.62. The van der Waals surface area contributed by atoms with Crippen LogP contribution >= 0.6 is 0 Å². The summed E-state index contributed by atoms with van der Waals surface area (Å²) < 4.78 is 25.5. The molecule has 0 saturated carbocycles. The average Bonchev–Trinajstić information content (AvgIpc) is 1.84. The SMILES string of the molecule is C=C[CH]OS(=O)(=O)CC=C. The zero-order valence-corrected chi connectivity index (χ0v) is 6.30. The molecule has 0 heterocycles. The summed E-state index contributed by atoms with van der Waals surface area (Å²) in [4.78, 5) is 0. The van der Waals surface area contributed by atoms with Gasteiger partial charge in [0.25, 0.3) is 10.1 Å². The summed E-state index contributed by atoms with van der Waals surface area (Å²) in [5, 5.41) is 0. The van der Waals surface area contributed by atoms with Gasteiger partial charge in [-0.25, -0.2) is 0 Å². The second-order valence-electron chi connectivity index (χ2n) is 1.48. The first-order valence-corrected chi connectivity index (χ1v) is 4.16. The molecule has 0 aliphatic heterocycles. The molecule has 0 aromatic heterocycles. The lowest BCUT2D eigenvalue weighted by Gasteiger charge is -1.96. The normalized spacial score (nSPS) is 10.8. The third-order valence-electron chi connectivity index (χ3n) is 0.620. The first-order valence-electron chi connectivity index (χ1n) is 2.58. The quantitative estimate of drug-likeness (QED) is 0.444. The Morgan fingerprint density at radius 3 is 2.40 bits per heavy atom. The van der Waals surface area contributed by atoms with Gasteiger partial charge in [0.15, 0.2) is 0 Å². The molecule has 0 aromatic carbocycles. The molecule has 0 aliphatic rings. The van der Waals surface area contributed by atoms with Crippen LogP contribution in [0.1, 0.15) is 0 Å². The van der Waals surface area contributed by atoms with Crippen molar-refractivity contribution in [1.82, 2.24) is 0 Å². The van der Waals surface area contributed by atoms with Crippen molar-refractivity contribution >= 4 is 10.1 Å². The summed E-state index contributed by atoms with van der Waals surface area (Å²) >= 11 is 0. The zero-order valence-electron chi connectivity index (χ0n) is 5.49. The van der Waals surface area contributed by atoms with E-state index in [1.165, 1.54) is 12.2 Å². The summed E-state index contributed by atoms with van der Waals surface area (Å²) in [5.41, 5.74) is 0. The Labute approximate surface area is 61.1 Å². The Hall–Kier alpha value is -0.610. The summed E-state index contributed by atoms with van der Waals surface area (Å²) in [6.07, 6.45) is 2.51. The lowest BCUT2D eigenvalue weighted by Crippen LogP contribution is -2.05. The van der Waals surface area contributed by atoms with Gasteiger partial charge in [0.05, 0.1) is 5.75 Å². The molecule has 57 valence electrons. The van der Waals surface area contributed by atoms with Crippen LogP contribution in [0.2, 0.25) is 0 Å². The van der Waals surface area contributed by atoms with Gasteiger partial charge >= 0.3 is 0 Å². The summed E-state index contributed by atoms with van der Waals surface area (Å²) in [6, 6.07) is 0. The molecule has 0 atom stereocenters. The Morgan fingerprint density at radius 2 is 2.00 bits per heavy atom. The highest BCUT2D eigenvalue weighted by atomic mass is 32.2. The molecule has 0 aliphatic carbocycles. The average molecular weight is 161 g/mol. The van der Waals surface area contributed by atoms with E-state index >= 15 is 0 Å². The maximum absolute atomic E-state index is 10.6. The van der Waals surface area contributed by atoms with Crippen LogP contribution in [0.3, 0.4) is 0 Å². The Morgan fingerprint density at radius 1 is 1.40 bits per heavy atom. The molecule has 10 heavy (non-hydrogen) atoms. The van der Waals surface area contributed by atoms with Crippen molar-refractivity contribution in [2.75, 3.05) is 5.75 Å².